The highest BCUT2D eigenvalue weighted by atomic mass is 32.2. The Morgan fingerprint density at radius 3 is 2.42 bits per heavy atom. The topological polar surface area (TPSA) is 78.9 Å². The standard InChI is InChI=1S/C25H24F4N2O4S/c1-16(18-9-11-22(21(26)12-18)31(2)36(33)34)24(32)30-14-19-8-10-20(25(27,28)29)13-23(19)35-15-17-6-4-3-5-7-17/h3-13,16H,14-15H2,1-2H3,(H,30,32)(H,33,34). The van der Waals surface area contributed by atoms with Crippen LogP contribution in [0.3, 0.4) is 0 Å². The summed E-state index contributed by atoms with van der Waals surface area (Å²) in [6, 6.07) is 15.8. The van der Waals surface area contributed by atoms with Crippen LogP contribution in [0.1, 0.15) is 35.1 Å². The predicted octanol–water partition coefficient (Wildman–Crippen LogP) is 5.42. The van der Waals surface area contributed by atoms with E-state index in [1.54, 1.807) is 30.3 Å². The molecule has 0 aliphatic carbocycles. The second-order valence-corrected chi connectivity index (χ2v) is 8.98. The van der Waals surface area contributed by atoms with E-state index in [0.717, 1.165) is 28.1 Å². The van der Waals surface area contributed by atoms with Crippen molar-refractivity contribution in [2.24, 2.45) is 0 Å². The number of carbonyl (C=O) groups excluding carboxylic acids is 1. The van der Waals surface area contributed by atoms with Gasteiger partial charge in [-0.05, 0) is 42.3 Å². The maximum atomic E-state index is 14.4. The Balaban J connectivity index is 1.74. The van der Waals surface area contributed by atoms with Crippen LogP contribution in [-0.2, 0) is 35.4 Å². The molecule has 0 radical (unpaired) electrons. The minimum absolute atomic E-state index is 0.0166. The summed E-state index contributed by atoms with van der Waals surface area (Å²) in [5, 5.41) is 2.65. The number of alkyl halides is 3. The highest BCUT2D eigenvalue weighted by molar-refractivity contribution is 7.80. The van der Waals surface area contributed by atoms with Crippen molar-refractivity contribution in [2.75, 3.05) is 11.4 Å². The Morgan fingerprint density at radius 1 is 1.11 bits per heavy atom. The molecule has 0 saturated carbocycles. The van der Waals surface area contributed by atoms with Crippen molar-refractivity contribution in [1.82, 2.24) is 5.32 Å². The zero-order valence-corrected chi connectivity index (χ0v) is 20.2. The Kier molecular flexibility index (Phi) is 8.70. The lowest BCUT2D eigenvalue weighted by atomic mass is 9.99. The Morgan fingerprint density at radius 2 is 1.81 bits per heavy atom. The third-order valence-corrected chi connectivity index (χ3v) is 6.19. The summed E-state index contributed by atoms with van der Waals surface area (Å²) in [5.41, 5.74) is 0.432. The number of anilines is 1. The Bertz CT molecular complexity index is 1240. The molecule has 11 heteroatoms. The monoisotopic (exact) mass is 524 g/mol. The molecule has 0 heterocycles. The molecule has 6 nitrogen and oxygen atoms in total. The molecule has 2 N–H and O–H groups in total. The SMILES string of the molecule is CC(C(=O)NCc1ccc(C(F)(F)F)cc1OCc1ccccc1)c1ccc(N(C)S(=O)O)c(F)c1. The van der Waals surface area contributed by atoms with Gasteiger partial charge in [-0.2, -0.15) is 13.2 Å². The number of rotatable bonds is 9. The average molecular weight is 525 g/mol. The molecular formula is C25H24F4N2O4S. The highest BCUT2D eigenvalue weighted by Crippen LogP contribution is 2.33. The van der Waals surface area contributed by atoms with Crippen molar-refractivity contribution in [1.29, 1.82) is 0 Å². The second kappa shape index (κ2) is 11.5. The van der Waals surface area contributed by atoms with E-state index >= 15 is 0 Å². The third-order valence-electron chi connectivity index (χ3n) is 5.52. The molecule has 0 spiro atoms. The van der Waals surface area contributed by atoms with Gasteiger partial charge in [-0.25, -0.2) is 8.60 Å². The average Bonchev–Trinajstić information content (AvgIpc) is 2.85. The summed E-state index contributed by atoms with van der Waals surface area (Å²) in [7, 11) is 1.24. The van der Waals surface area contributed by atoms with Crippen LogP contribution in [0.4, 0.5) is 23.2 Å². The number of carbonyl (C=O) groups is 1. The van der Waals surface area contributed by atoms with Crippen LogP contribution < -0.4 is 14.4 Å². The fourth-order valence-electron chi connectivity index (χ4n) is 3.37. The summed E-state index contributed by atoms with van der Waals surface area (Å²) in [6.07, 6.45) is -4.56. The van der Waals surface area contributed by atoms with E-state index in [-0.39, 0.29) is 24.6 Å². The first kappa shape index (κ1) is 27.2. The fourth-order valence-corrected chi connectivity index (χ4v) is 3.68. The first-order valence-corrected chi connectivity index (χ1v) is 11.8. The molecule has 2 atom stereocenters. The molecule has 0 fully saturated rings. The summed E-state index contributed by atoms with van der Waals surface area (Å²) in [5.74, 6) is -2.09. The minimum Gasteiger partial charge on any atom is -0.489 e. The molecule has 1 amide bonds. The van der Waals surface area contributed by atoms with E-state index < -0.39 is 40.6 Å². The largest absolute Gasteiger partial charge is 0.489 e. The third kappa shape index (κ3) is 6.82. The van der Waals surface area contributed by atoms with Gasteiger partial charge in [-0.1, -0.05) is 42.5 Å². The number of halogens is 4. The van der Waals surface area contributed by atoms with Crippen LogP contribution in [-0.4, -0.2) is 21.7 Å². The lowest BCUT2D eigenvalue weighted by Gasteiger charge is -2.18. The van der Waals surface area contributed by atoms with Gasteiger partial charge in [-0.15, -0.1) is 0 Å². The fraction of sp³-hybridized carbons (Fsp3) is 0.240. The van der Waals surface area contributed by atoms with Crippen molar-refractivity contribution >= 4 is 22.9 Å². The number of hydrogen-bond donors (Lipinski definition) is 2. The van der Waals surface area contributed by atoms with Crippen LogP contribution in [0, 0.1) is 5.82 Å². The number of ether oxygens (including phenoxy) is 1. The zero-order chi connectivity index (χ0) is 26.5. The number of benzene rings is 3. The number of hydrogen-bond acceptors (Lipinski definition) is 3. The molecular weight excluding hydrogens is 500 g/mol. The smallest absolute Gasteiger partial charge is 0.416 e. The van der Waals surface area contributed by atoms with Gasteiger partial charge in [0.05, 0.1) is 17.2 Å². The van der Waals surface area contributed by atoms with Crippen LogP contribution in [0.5, 0.6) is 5.75 Å². The Hall–Kier alpha value is -3.44. The molecule has 2 unspecified atom stereocenters. The second-order valence-electron chi connectivity index (χ2n) is 7.97. The van der Waals surface area contributed by atoms with E-state index in [0.29, 0.717) is 11.1 Å². The van der Waals surface area contributed by atoms with Crippen molar-refractivity contribution in [3.05, 3.63) is 94.8 Å². The molecule has 3 aromatic carbocycles. The van der Waals surface area contributed by atoms with Gasteiger partial charge >= 0.3 is 6.18 Å². The summed E-state index contributed by atoms with van der Waals surface area (Å²) in [6.45, 7) is 1.47. The van der Waals surface area contributed by atoms with E-state index in [4.69, 9.17) is 9.29 Å². The molecule has 0 aliphatic heterocycles. The van der Waals surface area contributed by atoms with Gasteiger partial charge < -0.3 is 10.1 Å². The van der Waals surface area contributed by atoms with Gasteiger partial charge in [0.25, 0.3) is 11.3 Å². The lowest BCUT2D eigenvalue weighted by molar-refractivity contribution is -0.137. The van der Waals surface area contributed by atoms with Crippen molar-refractivity contribution < 1.29 is 35.9 Å². The molecule has 3 rings (SSSR count). The van der Waals surface area contributed by atoms with Crippen molar-refractivity contribution in [3.8, 4) is 5.75 Å². The molecule has 0 aromatic heterocycles. The van der Waals surface area contributed by atoms with Gasteiger partial charge in [0, 0.05) is 19.2 Å². The van der Waals surface area contributed by atoms with Crippen molar-refractivity contribution in [3.63, 3.8) is 0 Å². The normalized spacial score (nSPS) is 13.1. The van der Waals surface area contributed by atoms with E-state index in [2.05, 4.69) is 5.32 Å². The lowest BCUT2D eigenvalue weighted by Crippen LogP contribution is -2.28. The Labute approximate surface area is 208 Å². The van der Waals surface area contributed by atoms with E-state index in [9.17, 15) is 26.6 Å². The van der Waals surface area contributed by atoms with Gasteiger partial charge in [-0.3, -0.25) is 13.7 Å². The molecule has 0 saturated heterocycles. The van der Waals surface area contributed by atoms with Gasteiger partial charge in [0.15, 0.2) is 0 Å². The van der Waals surface area contributed by atoms with E-state index in [1.807, 2.05) is 0 Å². The van der Waals surface area contributed by atoms with E-state index in [1.165, 1.54) is 32.2 Å². The van der Waals surface area contributed by atoms with Crippen LogP contribution in [0.25, 0.3) is 0 Å². The first-order chi connectivity index (χ1) is 17.0. The first-order valence-electron chi connectivity index (χ1n) is 10.8. The molecule has 192 valence electrons. The highest BCUT2D eigenvalue weighted by Gasteiger charge is 2.31. The van der Waals surface area contributed by atoms with Crippen LogP contribution in [0.2, 0.25) is 0 Å². The molecule has 0 aliphatic rings. The van der Waals surface area contributed by atoms with Crippen LogP contribution >= 0.6 is 0 Å². The minimum atomic E-state index is -4.56. The summed E-state index contributed by atoms with van der Waals surface area (Å²) >= 11 is -2.41. The zero-order valence-electron chi connectivity index (χ0n) is 19.4. The maximum absolute atomic E-state index is 14.4. The number of nitrogens with zero attached hydrogens (tertiary/aromatic N) is 1. The van der Waals surface area contributed by atoms with Gasteiger partial charge in [0.1, 0.15) is 18.2 Å². The molecule has 0 bridgehead atoms. The number of nitrogens with one attached hydrogen (secondary N) is 1. The summed E-state index contributed by atoms with van der Waals surface area (Å²) < 4.78 is 80.9. The van der Waals surface area contributed by atoms with Gasteiger partial charge in [0.2, 0.25) is 5.91 Å². The maximum Gasteiger partial charge on any atom is 0.416 e. The molecule has 3 aromatic rings. The number of amides is 1. The summed E-state index contributed by atoms with van der Waals surface area (Å²) in [4.78, 5) is 12.7. The quantitative estimate of drug-likeness (QED) is 0.290. The molecule has 36 heavy (non-hydrogen) atoms. The predicted molar refractivity (Wildman–Crippen MR) is 128 cm³/mol. The van der Waals surface area contributed by atoms with Crippen LogP contribution in [0.15, 0.2) is 66.7 Å². The van der Waals surface area contributed by atoms with Crippen molar-refractivity contribution in [2.45, 2.75) is 32.2 Å².